The Morgan fingerprint density at radius 2 is 1.83 bits per heavy atom. The van der Waals surface area contributed by atoms with Gasteiger partial charge in [0.2, 0.25) is 0 Å². The number of benzene rings is 2. The van der Waals surface area contributed by atoms with Gasteiger partial charge in [-0.3, -0.25) is 0 Å². The first-order chi connectivity index (χ1) is 11.2. The van der Waals surface area contributed by atoms with Crippen LogP contribution >= 0.6 is 0 Å². The van der Waals surface area contributed by atoms with Crippen LogP contribution in [0.3, 0.4) is 0 Å². The number of fused-ring (bicyclic) bond motifs is 1. The van der Waals surface area contributed by atoms with Crippen LogP contribution in [0.1, 0.15) is 19.8 Å². The minimum atomic E-state index is 0.0593. The number of phenolic OH excluding ortho intramolecular Hbond substituents is 1. The molecule has 0 amide bonds. The summed E-state index contributed by atoms with van der Waals surface area (Å²) in [7, 11) is 1.55. The van der Waals surface area contributed by atoms with Crippen molar-refractivity contribution in [3.63, 3.8) is 0 Å². The second-order valence-corrected chi connectivity index (χ2v) is 5.20. The largest absolute Gasteiger partial charge is 0.505 e. The van der Waals surface area contributed by atoms with Gasteiger partial charge in [0.15, 0.2) is 0 Å². The SMILES string of the molecule is CCCCOc1ccc2nn(-c3ccc(OC)cc3O)nc2c1. The lowest BCUT2D eigenvalue weighted by Gasteiger charge is -2.05. The van der Waals surface area contributed by atoms with Crippen molar-refractivity contribution in [3.05, 3.63) is 36.4 Å². The molecule has 3 rings (SSSR count). The summed E-state index contributed by atoms with van der Waals surface area (Å²) >= 11 is 0. The number of rotatable bonds is 6. The zero-order chi connectivity index (χ0) is 16.2. The molecule has 0 aliphatic heterocycles. The van der Waals surface area contributed by atoms with Crippen molar-refractivity contribution in [2.24, 2.45) is 0 Å². The van der Waals surface area contributed by atoms with Crippen LogP contribution in [0.5, 0.6) is 17.2 Å². The second-order valence-electron chi connectivity index (χ2n) is 5.20. The number of hydrogen-bond donors (Lipinski definition) is 1. The molecular weight excluding hydrogens is 294 g/mol. The molecule has 0 radical (unpaired) electrons. The fourth-order valence-electron chi connectivity index (χ4n) is 2.23. The van der Waals surface area contributed by atoms with Gasteiger partial charge in [0.05, 0.1) is 13.7 Å². The van der Waals surface area contributed by atoms with Gasteiger partial charge in [-0.1, -0.05) is 13.3 Å². The van der Waals surface area contributed by atoms with Gasteiger partial charge >= 0.3 is 0 Å². The van der Waals surface area contributed by atoms with E-state index in [2.05, 4.69) is 17.1 Å². The molecule has 0 unspecified atom stereocenters. The van der Waals surface area contributed by atoms with Crippen LogP contribution in [0.25, 0.3) is 16.7 Å². The molecule has 6 heteroatoms. The number of aromatic hydroxyl groups is 1. The molecule has 0 atom stereocenters. The first kappa shape index (κ1) is 15.1. The maximum Gasteiger partial charge on any atom is 0.146 e. The predicted molar refractivity (Wildman–Crippen MR) is 87.5 cm³/mol. The van der Waals surface area contributed by atoms with Crippen LogP contribution in [0.15, 0.2) is 36.4 Å². The standard InChI is InChI=1S/C17H19N3O3/c1-3-4-9-23-13-5-7-14-15(10-13)19-20(18-14)16-8-6-12(22-2)11-17(16)21/h5-8,10-11,21H,3-4,9H2,1-2H3. The van der Waals surface area contributed by atoms with Crippen molar-refractivity contribution in [1.82, 2.24) is 15.0 Å². The highest BCUT2D eigenvalue weighted by Crippen LogP contribution is 2.27. The minimum Gasteiger partial charge on any atom is -0.505 e. The fourth-order valence-corrected chi connectivity index (χ4v) is 2.23. The summed E-state index contributed by atoms with van der Waals surface area (Å²) < 4.78 is 10.8. The highest BCUT2D eigenvalue weighted by atomic mass is 16.5. The van der Waals surface area contributed by atoms with Crippen molar-refractivity contribution >= 4 is 11.0 Å². The van der Waals surface area contributed by atoms with Crippen LogP contribution in [0.2, 0.25) is 0 Å². The van der Waals surface area contributed by atoms with E-state index in [0.29, 0.717) is 23.6 Å². The number of aromatic nitrogens is 3. The number of unbranched alkanes of at least 4 members (excludes halogenated alkanes) is 1. The van der Waals surface area contributed by atoms with Gasteiger partial charge in [-0.15, -0.1) is 15.0 Å². The monoisotopic (exact) mass is 313 g/mol. The number of ether oxygens (including phenoxy) is 2. The average molecular weight is 313 g/mol. The third-order valence-electron chi connectivity index (χ3n) is 3.52. The topological polar surface area (TPSA) is 69.4 Å². The Hall–Kier alpha value is -2.76. The molecule has 3 aromatic rings. The summed E-state index contributed by atoms with van der Waals surface area (Å²) in [6, 6.07) is 10.6. The normalized spacial score (nSPS) is 10.9. The van der Waals surface area contributed by atoms with Crippen molar-refractivity contribution in [3.8, 4) is 22.9 Å². The second kappa shape index (κ2) is 6.56. The first-order valence-corrected chi connectivity index (χ1v) is 7.58. The van der Waals surface area contributed by atoms with Gasteiger partial charge in [-0.25, -0.2) is 0 Å². The highest BCUT2D eigenvalue weighted by molar-refractivity contribution is 5.75. The fraction of sp³-hybridized carbons (Fsp3) is 0.294. The molecule has 0 fully saturated rings. The zero-order valence-corrected chi connectivity index (χ0v) is 13.2. The van der Waals surface area contributed by atoms with Crippen molar-refractivity contribution in [2.45, 2.75) is 19.8 Å². The Kier molecular flexibility index (Phi) is 4.32. The zero-order valence-electron chi connectivity index (χ0n) is 13.2. The van der Waals surface area contributed by atoms with E-state index in [-0.39, 0.29) is 5.75 Å². The molecule has 1 N–H and O–H groups in total. The quantitative estimate of drug-likeness (QED) is 0.707. The third-order valence-corrected chi connectivity index (χ3v) is 3.52. The average Bonchev–Trinajstić information content (AvgIpc) is 2.97. The van der Waals surface area contributed by atoms with Gasteiger partial charge in [0, 0.05) is 12.1 Å². The molecule has 23 heavy (non-hydrogen) atoms. The molecule has 1 aromatic heterocycles. The number of hydrogen-bond acceptors (Lipinski definition) is 5. The van der Waals surface area contributed by atoms with Gasteiger partial charge in [-0.05, 0) is 30.7 Å². The molecule has 0 bridgehead atoms. The summed E-state index contributed by atoms with van der Waals surface area (Å²) in [6.07, 6.45) is 2.11. The summed E-state index contributed by atoms with van der Waals surface area (Å²) in [5, 5.41) is 18.9. The van der Waals surface area contributed by atoms with E-state index in [1.165, 1.54) is 10.9 Å². The van der Waals surface area contributed by atoms with Crippen LogP contribution in [0, 0.1) is 0 Å². The predicted octanol–water partition coefficient (Wildman–Crippen LogP) is 3.31. The molecule has 0 saturated carbocycles. The molecule has 0 aliphatic carbocycles. The summed E-state index contributed by atoms with van der Waals surface area (Å²) in [5.74, 6) is 1.41. The Bertz CT molecular complexity index is 814. The van der Waals surface area contributed by atoms with Crippen molar-refractivity contribution in [1.29, 1.82) is 0 Å². The molecule has 2 aromatic carbocycles. The molecular formula is C17H19N3O3. The van der Waals surface area contributed by atoms with Crippen molar-refractivity contribution < 1.29 is 14.6 Å². The van der Waals surface area contributed by atoms with E-state index in [9.17, 15) is 5.11 Å². The smallest absolute Gasteiger partial charge is 0.146 e. The third kappa shape index (κ3) is 3.21. The van der Waals surface area contributed by atoms with Gasteiger partial charge in [-0.2, -0.15) is 0 Å². The maximum absolute atomic E-state index is 10.1. The Balaban J connectivity index is 1.90. The van der Waals surface area contributed by atoms with Gasteiger partial charge < -0.3 is 14.6 Å². The molecule has 120 valence electrons. The highest BCUT2D eigenvalue weighted by Gasteiger charge is 2.10. The van der Waals surface area contributed by atoms with E-state index in [0.717, 1.165) is 24.1 Å². The van der Waals surface area contributed by atoms with E-state index < -0.39 is 0 Å². The first-order valence-electron chi connectivity index (χ1n) is 7.58. The summed E-state index contributed by atoms with van der Waals surface area (Å²) in [5.41, 5.74) is 1.95. The molecule has 0 spiro atoms. The van der Waals surface area contributed by atoms with E-state index in [4.69, 9.17) is 9.47 Å². The summed E-state index contributed by atoms with van der Waals surface area (Å²) in [6.45, 7) is 2.81. The Morgan fingerprint density at radius 3 is 2.57 bits per heavy atom. The lowest BCUT2D eigenvalue weighted by Crippen LogP contribution is -1.99. The maximum atomic E-state index is 10.1. The number of phenols is 1. The molecule has 6 nitrogen and oxygen atoms in total. The minimum absolute atomic E-state index is 0.0593. The van der Waals surface area contributed by atoms with Crippen molar-refractivity contribution in [2.75, 3.05) is 13.7 Å². The van der Waals surface area contributed by atoms with E-state index >= 15 is 0 Å². The number of nitrogens with zero attached hydrogens (tertiary/aromatic N) is 3. The Labute approximate surface area is 134 Å². The number of methoxy groups -OCH3 is 1. The lowest BCUT2D eigenvalue weighted by molar-refractivity contribution is 0.310. The van der Waals surface area contributed by atoms with Crippen LogP contribution in [-0.2, 0) is 0 Å². The molecule has 0 aliphatic rings. The van der Waals surface area contributed by atoms with Gasteiger partial charge in [0.1, 0.15) is 34.0 Å². The van der Waals surface area contributed by atoms with Gasteiger partial charge in [0.25, 0.3) is 0 Å². The Morgan fingerprint density at radius 1 is 1.04 bits per heavy atom. The summed E-state index contributed by atoms with van der Waals surface area (Å²) in [4.78, 5) is 1.41. The van der Waals surface area contributed by atoms with E-state index in [1.54, 1.807) is 19.2 Å². The lowest BCUT2D eigenvalue weighted by atomic mass is 10.3. The molecule has 1 heterocycles. The van der Waals surface area contributed by atoms with Crippen LogP contribution in [-0.4, -0.2) is 33.8 Å². The molecule has 0 saturated heterocycles. The van der Waals surface area contributed by atoms with Crippen LogP contribution < -0.4 is 9.47 Å². The van der Waals surface area contributed by atoms with Crippen LogP contribution in [0.4, 0.5) is 0 Å². The van der Waals surface area contributed by atoms with E-state index in [1.807, 2.05) is 18.2 Å².